The van der Waals surface area contributed by atoms with Gasteiger partial charge in [0.05, 0.1) is 0 Å². The number of likely N-dealkylation sites (tertiary alicyclic amines) is 3. The van der Waals surface area contributed by atoms with E-state index in [-0.39, 0.29) is 0 Å². The van der Waals surface area contributed by atoms with E-state index >= 15 is 0 Å². The van der Waals surface area contributed by atoms with Crippen molar-refractivity contribution < 1.29 is 0 Å². The molecule has 4 heterocycles. The van der Waals surface area contributed by atoms with Gasteiger partial charge in [-0.3, -0.25) is 0 Å². The van der Waals surface area contributed by atoms with Crippen LogP contribution in [-0.2, 0) is 0 Å². The lowest BCUT2D eigenvalue weighted by Crippen LogP contribution is -2.33. The van der Waals surface area contributed by atoms with Gasteiger partial charge >= 0.3 is 0 Å². The van der Waals surface area contributed by atoms with Gasteiger partial charge in [-0.1, -0.05) is 0 Å². The largest absolute Gasteiger partial charge is 0.306 e. The number of aromatic nitrogens is 3. The molecule has 3 fully saturated rings. The van der Waals surface area contributed by atoms with Crippen molar-refractivity contribution in [1.82, 2.24) is 29.7 Å². The Labute approximate surface area is 164 Å². The predicted octanol–water partition coefficient (Wildman–Crippen LogP) is 2.30. The highest BCUT2D eigenvalue weighted by Crippen LogP contribution is 2.32. The van der Waals surface area contributed by atoms with Crippen molar-refractivity contribution in [2.45, 2.75) is 56.3 Å². The molecule has 150 valence electrons. The summed E-state index contributed by atoms with van der Waals surface area (Å²) in [5.41, 5.74) is 0. The quantitative estimate of drug-likeness (QED) is 0.811. The molecule has 0 aromatic carbocycles. The minimum atomic E-state index is 0.513. The van der Waals surface area contributed by atoms with E-state index in [1.54, 1.807) is 0 Å². The van der Waals surface area contributed by atoms with Crippen LogP contribution in [-0.4, -0.2) is 90.1 Å². The summed E-state index contributed by atoms with van der Waals surface area (Å²) in [6.45, 7) is 6.94. The highest BCUT2D eigenvalue weighted by molar-refractivity contribution is 5.11. The molecular formula is C21H36N6. The number of hydrogen-bond acceptors (Lipinski definition) is 6. The van der Waals surface area contributed by atoms with Crippen molar-refractivity contribution >= 4 is 0 Å². The smallest absolute Gasteiger partial charge is 0.135 e. The maximum atomic E-state index is 5.07. The number of hydrogen-bond donors (Lipinski definition) is 0. The third kappa shape index (κ3) is 4.66. The molecule has 0 aliphatic carbocycles. The maximum Gasteiger partial charge on any atom is 0.135 e. The molecule has 3 aliphatic rings. The lowest BCUT2D eigenvalue weighted by atomic mass is 9.92. The summed E-state index contributed by atoms with van der Waals surface area (Å²) < 4.78 is 0. The Kier molecular flexibility index (Phi) is 6.05. The van der Waals surface area contributed by atoms with Gasteiger partial charge in [0.1, 0.15) is 17.5 Å². The molecule has 0 N–H and O–H groups in total. The van der Waals surface area contributed by atoms with Crippen LogP contribution in [0.1, 0.15) is 73.8 Å². The van der Waals surface area contributed by atoms with Crippen LogP contribution in [0.2, 0.25) is 0 Å². The Morgan fingerprint density at radius 1 is 0.481 bits per heavy atom. The van der Waals surface area contributed by atoms with Crippen LogP contribution < -0.4 is 0 Å². The number of piperidine rings is 3. The first kappa shape index (κ1) is 19.2. The van der Waals surface area contributed by atoms with Crippen LogP contribution in [0.3, 0.4) is 0 Å². The van der Waals surface area contributed by atoms with Crippen molar-refractivity contribution in [2.24, 2.45) is 0 Å². The molecule has 3 saturated heterocycles. The predicted molar refractivity (Wildman–Crippen MR) is 108 cm³/mol. The average molecular weight is 373 g/mol. The Bertz CT molecular complexity index is 513. The zero-order valence-corrected chi connectivity index (χ0v) is 17.4. The summed E-state index contributed by atoms with van der Waals surface area (Å²) in [4.78, 5) is 22.5. The van der Waals surface area contributed by atoms with Crippen LogP contribution in [0.4, 0.5) is 0 Å². The molecule has 27 heavy (non-hydrogen) atoms. The molecule has 0 bridgehead atoms. The average Bonchev–Trinajstić information content (AvgIpc) is 2.69. The fourth-order valence-electron chi connectivity index (χ4n) is 4.78. The molecule has 3 aliphatic heterocycles. The Morgan fingerprint density at radius 3 is 0.926 bits per heavy atom. The molecule has 4 rings (SSSR count). The maximum absolute atomic E-state index is 5.07. The van der Waals surface area contributed by atoms with Gasteiger partial charge in [-0.2, -0.15) is 0 Å². The molecule has 0 radical (unpaired) electrons. The molecule has 0 unspecified atom stereocenters. The summed E-state index contributed by atoms with van der Waals surface area (Å²) in [6.07, 6.45) is 7.08. The summed E-state index contributed by atoms with van der Waals surface area (Å²) in [5.74, 6) is 4.83. The molecule has 0 saturated carbocycles. The fourth-order valence-corrected chi connectivity index (χ4v) is 4.78. The fraction of sp³-hybridized carbons (Fsp3) is 0.857. The van der Waals surface area contributed by atoms with Gasteiger partial charge in [0.2, 0.25) is 0 Å². The number of rotatable bonds is 3. The van der Waals surface area contributed by atoms with Gasteiger partial charge in [-0.15, -0.1) is 0 Å². The second-order valence-electron chi connectivity index (χ2n) is 9.14. The van der Waals surface area contributed by atoms with E-state index in [2.05, 4.69) is 35.8 Å². The molecule has 6 heteroatoms. The monoisotopic (exact) mass is 372 g/mol. The molecule has 0 spiro atoms. The number of nitrogens with zero attached hydrogens (tertiary/aromatic N) is 6. The van der Waals surface area contributed by atoms with Crippen molar-refractivity contribution in [1.29, 1.82) is 0 Å². The zero-order chi connectivity index (χ0) is 18.8. The lowest BCUT2D eigenvalue weighted by molar-refractivity contribution is 0.238. The van der Waals surface area contributed by atoms with Gasteiger partial charge in [-0.25, -0.2) is 15.0 Å². The normalized spacial score (nSPS) is 25.9. The summed E-state index contributed by atoms with van der Waals surface area (Å²) in [5, 5.41) is 0. The van der Waals surface area contributed by atoms with Crippen LogP contribution in [0.25, 0.3) is 0 Å². The Hall–Kier alpha value is -1.11. The highest BCUT2D eigenvalue weighted by atomic mass is 15.1. The van der Waals surface area contributed by atoms with E-state index in [4.69, 9.17) is 15.0 Å². The van der Waals surface area contributed by atoms with E-state index in [1.807, 2.05) is 0 Å². The van der Waals surface area contributed by atoms with Crippen LogP contribution in [0.5, 0.6) is 0 Å². The van der Waals surface area contributed by atoms with Gasteiger partial charge < -0.3 is 14.7 Å². The lowest BCUT2D eigenvalue weighted by Gasteiger charge is -2.32. The molecule has 1 aromatic heterocycles. The van der Waals surface area contributed by atoms with Gasteiger partial charge in [-0.05, 0) is 98.9 Å². The topological polar surface area (TPSA) is 48.4 Å². The highest BCUT2D eigenvalue weighted by Gasteiger charge is 2.29. The van der Waals surface area contributed by atoms with Crippen LogP contribution in [0, 0.1) is 0 Å². The molecule has 0 amide bonds. The minimum absolute atomic E-state index is 0.513. The van der Waals surface area contributed by atoms with Gasteiger partial charge in [0, 0.05) is 17.8 Å². The van der Waals surface area contributed by atoms with Crippen molar-refractivity contribution in [3.8, 4) is 0 Å². The first-order valence-electron chi connectivity index (χ1n) is 10.9. The Morgan fingerprint density at radius 2 is 0.704 bits per heavy atom. The summed E-state index contributed by atoms with van der Waals surface area (Å²) in [6, 6.07) is 0. The second-order valence-corrected chi connectivity index (χ2v) is 9.14. The third-order valence-corrected chi connectivity index (χ3v) is 6.94. The van der Waals surface area contributed by atoms with E-state index in [9.17, 15) is 0 Å². The van der Waals surface area contributed by atoms with Gasteiger partial charge in [0.25, 0.3) is 0 Å². The SMILES string of the molecule is CN1CCC(c2nc(C3CCN(C)CC3)nc(C3CCN(C)CC3)n2)CC1. The third-order valence-electron chi connectivity index (χ3n) is 6.94. The van der Waals surface area contributed by atoms with E-state index < -0.39 is 0 Å². The standard InChI is InChI=1S/C21H36N6/c1-25-10-4-16(5-11-25)19-22-20(17-6-12-26(2)13-7-17)24-21(23-19)18-8-14-27(3)15-9-18/h16-18H,4-15H2,1-3H3. The molecule has 1 aromatic rings. The van der Waals surface area contributed by atoms with E-state index in [0.29, 0.717) is 17.8 Å². The zero-order valence-electron chi connectivity index (χ0n) is 17.4. The first-order valence-corrected chi connectivity index (χ1v) is 10.9. The summed E-state index contributed by atoms with van der Waals surface area (Å²) in [7, 11) is 6.66. The molecule has 6 nitrogen and oxygen atoms in total. The van der Waals surface area contributed by atoms with Crippen molar-refractivity contribution in [3.05, 3.63) is 17.5 Å². The minimum Gasteiger partial charge on any atom is -0.306 e. The van der Waals surface area contributed by atoms with Crippen molar-refractivity contribution in [3.63, 3.8) is 0 Å². The summed E-state index contributed by atoms with van der Waals surface area (Å²) >= 11 is 0. The van der Waals surface area contributed by atoms with E-state index in [0.717, 1.165) is 56.7 Å². The van der Waals surface area contributed by atoms with Crippen LogP contribution in [0.15, 0.2) is 0 Å². The molecule has 0 atom stereocenters. The van der Waals surface area contributed by atoms with Crippen molar-refractivity contribution in [2.75, 3.05) is 60.4 Å². The van der Waals surface area contributed by atoms with E-state index in [1.165, 1.54) is 38.5 Å². The second kappa shape index (κ2) is 8.50. The van der Waals surface area contributed by atoms with Gasteiger partial charge in [0.15, 0.2) is 0 Å². The first-order chi connectivity index (χ1) is 13.1. The molecular weight excluding hydrogens is 336 g/mol. The Balaban J connectivity index is 1.59. The van der Waals surface area contributed by atoms with Crippen LogP contribution >= 0.6 is 0 Å².